The topological polar surface area (TPSA) is 34.9 Å². The number of hydrogen-bond acceptors (Lipinski definition) is 2. The number of halogens is 1. The molecule has 0 aliphatic carbocycles. The van der Waals surface area contributed by atoms with Gasteiger partial charge in [0, 0.05) is 4.47 Å². The third-order valence-corrected chi connectivity index (χ3v) is 4.98. The van der Waals surface area contributed by atoms with E-state index < -0.39 is 0 Å². The number of rotatable bonds is 3. The number of hydrogen-bond donors (Lipinski definition) is 0. The van der Waals surface area contributed by atoms with Crippen molar-refractivity contribution in [2.24, 2.45) is 0 Å². The average Bonchev–Trinajstić information content (AvgIpc) is 2.69. The Morgan fingerprint density at radius 1 is 0.889 bits per heavy atom. The molecule has 1 aromatic heterocycles. The lowest BCUT2D eigenvalue weighted by atomic mass is 10.1. The quantitative estimate of drug-likeness (QED) is 0.433. The van der Waals surface area contributed by atoms with E-state index in [1.807, 2.05) is 91.9 Å². The third kappa shape index (κ3) is 3.49. The maximum Gasteiger partial charge on any atom is 0.266 e. The lowest BCUT2D eigenvalue weighted by Gasteiger charge is -2.13. The van der Waals surface area contributed by atoms with Gasteiger partial charge in [-0.3, -0.25) is 9.36 Å². The fraction of sp³-hybridized carbons (Fsp3) is 0.0435. The second-order valence-electron chi connectivity index (χ2n) is 6.30. The Hall–Kier alpha value is -2.98. The van der Waals surface area contributed by atoms with Crippen molar-refractivity contribution in [3.05, 3.63) is 105 Å². The molecule has 4 rings (SSSR count). The van der Waals surface area contributed by atoms with Crippen LogP contribution in [0.25, 0.3) is 28.7 Å². The molecular formula is C23H17BrN2O. The molecule has 0 N–H and O–H groups in total. The van der Waals surface area contributed by atoms with Crippen LogP contribution in [0.1, 0.15) is 17.0 Å². The van der Waals surface area contributed by atoms with Crippen molar-refractivity contribution >= 4 is 39.0 Å². The minimum absolute atomic E-state index is 0.0645. The van der Waals surface area contributed by atoms with Crippen LogP contribution in [0.15, 0.2) is 82.1 Å². The molecule has 4 aromatic rings. The SMILES string of the molecule is Cc1ccccc1-n1c(/C=C/c2ccc(Br)cc2)nc2ccccc2c1=O. The van der Waals surface area contributed by atoms with Crippen LogP contribution in [-0.2, 0) is 0 Å². The Kier molecular flexibility index (Phi) is 4.73. The predicted molar refractivity (Wildman–Crippen MR) is 115 cm³/mol. The molecule has 0 aliphatic rings. The largest absolute Gasteiger partial charge is 0.268 e. The maximum atomic E-state index is 13.2. The first-order chi connectivity index (χ1) is 13.1. The molecule has 0 fully saturated rings. The van der Waals surface area contributed by atoms with E-state index in [-0.39, 0.29) is 5.56 Å². The average molecular weight is 417 g/mol. The van der Waals surface area contributed by atoms with Gasteiger partial charge in [0.25, 0.3) is 5.56 Å². The molecule has 0 spiro atoms. The van der Waals surface area contributed by atoms with Gasteiger partial charge in [-0.15, -0.1) is 0 Å². The first-order valence-electron chi connectivity index (χ1n) is 8.65. The van der Waals surface area contributed by atoms with Crippen molar-refractivity contribution < 1.29 is 0 Å². The molecule has 132 valence electrons. The number of aryl methyl sites for hydroxylation is 1. The van der Waals surface area contributed by atoms with Crippen LogP contribution in [0.3, 0.4) is 0 Å². The van der Waals surface area contributed by atoms with E-state index in [1.54, 1.807) is 4.57 Å². The first-order valence-corrected chi connectivity index (χ1v) is 9.44. The van der Waals surface area contributed by atoms with Crippen molar-refractivity contribution in [2.75, 3.05) is 0 Å². The van der Waals surface area contributed by atoms with Gasteiger partial charge in [0.2, 0.25) is 0 Å². The fourth-order valence-electron chi connectivity index (χ4n) is 3.05. The molecule has 3 aromatic carbocycles. The predicted octanol–water partition coefficient (Wildman–Crippen LogP) is 5.63. The highest BCUT2D eigenvalue weighted by molar-refractivity contribution is 9.10. The van der Waals surface area contributed by atoms with E-state index in [0.717, 1.165) is 21.3 Å². The Labute approximate surface area is 165 Å². The molecule has 0 aliphatic heterocycles. The second-order valence-corrected chi connectivity index (χ2v) is 7.21. The summed E-state index contributed by atoms with van der Waals surface area (Å²) in [4.78, 5) is 18.0. The summed E-state index contributed by atoms with van der Waals surface area (Å²) in [6, 6.07) is 23.3. The molecule has 0 saturated heterocycles. The lowest BCUT2D eigenvalue weighted by molar-refractivity contribution is 0.934. The summed E-state index contributed by atoms with van der Waals surface area (Å²) >= 11 is 3.45. The van der Waals surface area contributed by atoms with E-state index in [9.17, 15) is 4.79 Å². The van der Waals surface area contributed by atoms with Gasteiger partial charge in [0.15, 0.2) is 0 Å². The number of nitrogens with zero attached hydrogens (tertiary/aromatic N) is 2. The Morgan fingerprint density at radius 3 is 2.37 bits per heavy atom. The van der Waals surface area contributed by atoms with E-state index in [4.69, 9.17) is 4.98 Å². The van der Waals surface area contributed by atoms with E-state index in [0.29, 0.717) is 16.7 Å². The zero-order valence-corrected chi connectivity index (χ0v) is 16.3. The molecule has 0 radical (unpaired) electrons. The summed E-state index contributed by atoms with van der Waals surface area (Å²) in [6.45, 7) is 2.00. The Balaban J connectivity index is 1.95. The number of fused-ring (bicyclic) bond motifs is 1. The van der Waals surface area contributed by atoms with Crippen molar-refractivity contribution in [2.45, 2.75) is 6.92 Å². The molecule has 0 atom stereocenters. The van der Waals surface area contributed by atoms with Crippen molar-refractivity contribution in [1.82, 2.24) is 9.55 Å². The molecular weight excluding hydrogens is 400 g/mol. The van der Waals surface area contributed by atoms with Gasteiger partial charge in [0.05, 0.1) is 16.6 Å². The standard InChI is InChI=1S/C23H17BrN2O/c1-16-6-2-5-9-21(16)26-22(15-12-17-10-13-18(24)14-11-17)25-20-8-4-3-7-19(20)23(26)27/h2-15H,1H3/b15-12+. The minimum Gasteiger partial charge on any atom is -0.268 e. The number of aromatic nitrogens is 2. The molecule has 0 unspecified atom stereocenters. The zero-order chi connectivity index (χ0) is 18.8. The molecule has 4 heteroatoms. The van der Waals surface area contributed by atoms with Gasteiger partial charge < -0.3 is 0 Å². The highest BCUT2D eigenvalue weighted by atomic mass is 79.9. The fourth-order valence-corrected chi connectivity index (χ4v) is 3.32. The molecule has 1 heterocycles. The normalized spacial score (nSPS) is 11.3. The summed E-state index contributed by atoms with van der Waals surface area (Å²) < 4.78 is 2.72. The van der Waals surface area contributed by atoms with Crippen LogP contribution in [0.4, 0.5) is 0 Å². The van der Waals surface area contributed by atoms with Crippen LogP contribution < -0.4 is 5.56 Å². The van der Waals surface area contributed by atoms with Gasteiger partial charge in [0.1, 0.15) is 5.82 Å². The Bertz CT molecular complexity index is 1210. The Morgan fingerprint density at radius 2 is 1.59 bits per heavy atom. The molecule has 0 saturated carbocycles. The molecule has 3 nitrogen and oxygen atoms in total. The maximum absolute atomic E-state index is 13.2. The second kappa shape index (κ2) is 7.33. The first kappa shape index (κ1) is 17.4. The highest BCUT2D eigenvalue weighted by Gasteiger charge is 2.12. The van der Waals surface area contributed by atoms with Crippen LogP contribution >= 0.6 is 15.9 Å². The van der Waals surface area contributed by atoms with Crippen molar-refractivity contribution in [3.63, 3.8) is 0 Å². The molecule has 0 amide bonds. The monoisotopic (exact) mass is 416 g/mol. The van der Waals surface area contributed by atoms with Gasteiger partial charge in [-0.05, 0) is 54.5 Å². The van der Waals surface area contributed by atoms with Crippen molar-refractivity contribution in [3.8, 4) is 5.69 Å². The van der Waals surface area contributed by atoms with Gasteiger partial charge in [-0.2, -0.15) is 0 Å². The summed E-state index contributed by atoms with van der Waals surface area (Å²) in [5, 5.41) is 0.613. The van der Waals surface area contributed by atoms with Crippen LogP contribution in [0, 0.1) is 6.92 Å². The van der Waals surface area contributed by atoms with Crippen LogP contribution in [0.5, 0.6) is 0 Å². The van der Waals surface area contributed by atoms with Gasteiger partial charge in [-0.1, -0.05) is 64.5 Å². The van der Waals surface area contributed by atoms with Crippen molar-refractivity contribution in [1.29, 1.82) is 0 Å². The van der Waals surface area contributed by atoms with Crippen LogP contribution in [0.2, 0.25) is 0 Å². The van der Waals surface area contributed by atoms with Gasteiger partial charge in [-0.25, -0.2) is 4.98 Å². The molecule has 27 heavy (non-hydrogen) atoms. The molecule has 0 bridgehead atoms. The van der Waals surface area contributed by atoms with Gasteiger partial charge >= 0.3 is 0 Å². The van der Waals surface area contributed by atoms with Crippen LogP contribution in [-0.4, -0.2) is 9.55 Å². The summed E-state index contributed by atoms with van der Waals surface area (Å²) in [5.41, 5.74) is 3.54. The number of benzene rings is 3. The third-order valence-electron chi connectivity index (χ3n) is 4.45. The van der Waals surface area contributed by atoms with E-state index >= 15 is 0 Å². The minimum atomic E-state index is -0.0645. The van der Waals surface area contributed by atoms with E-state index in [1.165, 1.54) is 0 Å². The summed E-state index contributed by atoms with van der Waals surface area (Å²) in [7, 11) is 0. The van der Waals surface area contributed by atoms with E-state index in [2.05, 4.69) is 15.9 Å². The smallest absolute Gasteiger partial charge is 0.266 e. The lowest BCUT2D eigenvalue weighted by Crippen LogP contribution is -2.23. The zero-order valence-electron chi connectivity index (χ0n) is 14.8. The summed E-state index contributed by atoms with van der Waals surface area (Å²) in [6.07, 6.45) is 3.86. The summed E-state index contributed by atoms with van der Waals surface area (Å²) in [5.74, 6) is 0.607. The number of para-hydroxylation sites is 2. The highest BCUT2D eigenvalue weighted by Crippen LogP contribution is 2.18.